The normalized spacial score (nSPS) is 17.7. The number of benzene rings is 1. The van der Waals surface area contributed by atoms with Gasteiger partial charge in [-0.05, 0) is 48.1 Å². The predicted molar refractivity (Wildman–Crippen MR) is 111 cm³/mol. The summed E-state index contributed by atoms with van der Waals surface area (Å²) in [6.45, 7) is 0.623. The number of fused-ring (bicyclic) bond motifs is 1. The third kappa shape index (κ3) is 4.59. The van der Waals surface area contributed by atoms with E-state index in [4.69, 9.17) is 9.57 Å². The minimum absolute atomic E-state index is 0.267. The lowest BCUT2D eigenvalue weighted by Crippen LogP contribution is -2.32. The molecule has 152 valence electrons. The minimum atomic E-state index is -3.68. The maximum atomic E-state index is 12.9. The van der Waals surface area contributed by atoms with Crippen molar-refractivity contribution in [3.05, 3.63) is 60.4 Å². The first kappa shape index (κ1) is 19.8. The summed E-state index contributed by atoms with van der Waals surface area (Å²) < 4.78 is 33.4. The average Bonchev–Trinajstić information content (AvgIpc) is 3.39. The molecule has 3 heterocycles. The number of hydroxylamine groups is 1. The van der Waals surface area contributed by atoms with E-state index in [0.717, 1.165) is 33.3 Å². The molecule has 0 saturated carbocycles. The van der Waals surface area contributed by atoms with Crippen molar-refractivity contribution in [2.24, 2.45) is 0 Å². The number of ether oxygens (including phenoxy) is 1. The van der Waals surface area contributed by atoms with Crippen molar-refractivity contribution >= 4 is 43.4 Å². The molecule has 0 bridgehead atoms. The smallest absolute Gasteiger partial charge is 0.277 e. The number of hydrogen-bond acceptors (Lipinski definition) is 6. The van der Waals surface area contributed by atoms with E-state index in [1.54, 1.807) is 12.1 Å². The van der Waals surface area contributed by atoms with Gasteiger partial charge in [-0.15, -0.1) is 11.3 Å². The molecule has 1 fully saturated rings. The number of amides is 1. The Hall–Kier alpha value is -2.46. The molecule has 1 unspecified atom stereocenters. The van der Waals surface area contributed by atoms with Crippen LogP contribution in [0.15, 0.2) is 59.1 Å². The van der Waals surface area contributed by atoms with Crippen molar-refractivity contribution in [1.29, 1.82) is 0 Å². The van der Waals surface area contributed by atoms with Crippen LogP contribution in [-0.2, 0) is 24.4 Å². The Morgan fingerprint density at radius 3 is 2.93 bits per heavy atom. The third-order valence-corrected chi connectivity index (χ3v) is 7.68. The van der Waals surface area contributed by atoms with Crippen LogP contribution in [0, 0.1) is 0 Å². The van der Waals surface area contributed by atoms with Crippen molar-refractivity contribution in [3.63, 3.8) is 0 Å². The van der Waals surface area contributed by atoms with E-state index in [-0.39, 0.29) is 4.21 Å². The molecule has 4 rings (SSSR count). The first-order valence-corrected chi connectivity index (χ1v) is 11.5. The van der Waals surface area contributed by atoms with Crippen LogP contribution in [0.5, 0.6) is 0 Å². The Balaban J connectivity index is 1.41. The van der Waals surface area contributed by atoms with Gasteiger partial charge in [0.05, 0.1) is 0 Å². The second-order valence-electron chi connectivity index (χ2n) is 6.60. The molecule has 0 radical (unpaired) electrons. The SMILES string of the molecule is O=C(/C=C/c1ccn(S(=O)(=O)c2cc3ccccc3s2)c1)NOC1CCCCO1. The second kappa shape index (κ2) is 8.50. The maximum Gasteiger partial charge on any atom is 0.277 e. The van der Waals surface area contributed by atoms with Crippen molar-refractivity contribution in [1.82, 2.24) is 9.45 Å². The summed E-state index contributed by atoms with van der Waals surface area (Å²) >= 11 is 1.23. The molecular weight excluding hydrogens is 412 g/mol. The zero-order valence-corrected chi connectivity index (χ0v) is 17.1. The van der Waals surface area contributed by atoms with Gasteiger partial charge in [-0.2, -0.15) is 8.42 Å². The van der Waals surface area contributed by atoms with Gasteiger partial charge in [0.1, 0.15) is 4.21 Å². The number of carbonyl (C=O) groups excluding carboxylic acids is 1. The van der Waals surface area contributed by atoms with Gasteiger partial charge in [0.2, 0.25) is 0 Å². The van der Waals surface area contributed by atoms with E-state index in [0.29, 0.717) is 12.2 Å². The summed E-state index contributed by atoms with van der Waals surface area (Å²) in [6.07, 6.45) is 8.05. The van der Waals surface area contributed by atoms with Gasteiger partial charge in [0.25, 0.3) is 15.9 Å². The number of hydrogen-bond donors (Lipinski definition) is 1. The fourth-order valence-electron chi connectivity index (χ4n) is 2.96. The van der Waals surface area contributed by atoms with Gasteiger partial charge in [0, 0.05) is 36.2 Å². The van der Waals surface area contributed by atoms with Crippen molar-refractivity contribution in [2.45, 2.75) is 29.8 Å². The van der Waals surface area contributed by atoms with Crippen LogP contribution in [0.4, 0.5) is 0 Å². The topological polar surface area (TPSA) is 86.6 Å². The molecule has 7 nitrogen and oxygen atoms in total. The van der Waals surface area contributed by atoms with Gasteiger partial charge in [-0.25, -0.2) is 14.3 Å². The van der Waals surface area contributed by atoms with E-state index in [9.17, 15) is 13.2 Å². The Bertz CT molecular complexity index is 1110. The molecule has 0 aliphatic carbocycles. The minimum Gasteiger partial charge on any atom is -0.350 e. The fourth-order valence-corrected chi connectivity index (χ4v) is 5.67. The number of nitrogens with zero attached hydrogens (tertiary/aromatic N) is 1. The molecule has 1 N–H and O–H groups in total. The fraction of sp³-hybridized carbons (Fsp3) is 0.250. The quantitative estimate of drug-likeness (QED) is 0.476. The summed E-state index contributed by atoms with van der Waals surface area (Å²) in [7, 11) is -3.68. The van der Waals surface area contributed by atoms with Crippen LogP contribution < -0.4 is 5.48 Å². The van der Waals surface area contributed by atoms with E-state index < -0.39 is 22.2 Å². The molecule has 1 atom stereocenters. The zero-order valence-electron chi connectivity index (χ0n) is 15.5. The predicted octanol–water partition coefficient (Wildman–Crippen LogP) is 3.53. The molecule has 3 aromatic rings. The van der Waals surface area contributed by atoms with Gasteiger partial charge in [-0.3, -0.25) is 4.79 Å². The highest BCUT2D eigenvalue weighted by atomic mass is 32.2. The lowest BCUT2D eigenvalue weighted by atomic mass is 10.2. The Labute approximate surface area is 172 Å². The summed E-state index contributed by atoms with van der Waals surface area (Å²) in [5.74, 6) is -0.445. The molecule has 1 aliphatic rings. The van der Waals surface area contributed by atoms with Crippen molar-refractivity contribution < 1.29 is 22.8 Å². The molecule has 1 amide bonds. The van der Waals surface area contributed by atoms with Gasteiger partial charge >= 0.3 is 0 Å². The van der Waals surface area contributed by atoms with E-state index in [1.165, 1.54) is 35.9 Å². The number of rotatable bonds is 6. The van der Waals surface area contributed by atoms with Crippen LogP contribution in [0.3, 0.4) is 0 Å². The molecular formula is C20H20N2O5S2. The molecule has 1 aliphatic heterocycles. The monoisotopic (exact) mass is 432 g/mol. The Kier molecular flexibility index (Phi) is 5.81. The van der Waals surface area contributed by atoms with Crippen molar-refractivity contribution in [2.75, 3.05) is 6.61 Å². The number of nitrogens with one attached hydrogen (secondary N) is 1. The lowest BCUT2D eigenvalue weighted by molar-refractivity contribution is -0.198. The summed E-state index contributed by atoms with van der Waals surface area (Å²) in [5, 5.41) is 0.891. The number of thiophene rings is 1. The van der Waals surface area contributed by atoms with Crippen LogP contribution in [-0.4, -0.2) is 31.2 Å². The highest BCUT2D eigenvalue weighted by molar-refractivity contribution is 7.92. The Morgan fingerprint density at radius 1 is 1.28 bits per heavy atom. The molecule has 2 aromatic heterocycles. The van der Waals surface area contributed by atoms with Crippen LogP contribution in [0.1, 0.15) is 24.8 Å². The zero-order chi connectivity index (χ0) is 20.3. The number of carbonyl (C=O) groups is 1. The molecule has 29 heavy (non-hydrogen) atoms. The van der Waals surface area contributed by atoms with Gasteiger partial charge in [-0.1, -0.05) is 18.2 Å². The van der Waals surface area contributed by atoms with Crippen LogP contribution >= 0.6 is 11.3 Å². The highest BCUT2D eigenvalue weighted by Gasteiger charge is 2.19. The largest absolute Gasteiger partial charge is 0.350 e. The van der Waals surface area contributed by atoms with E-state index in [1.807, 2.05) is 24.3 Å². The summed E-state index contributed by atoms with van der Waals surface area (Å²) in [4.78, 5) is 17.1. The summed E-state index contributed by atoms with van der Waals surface area (Å²) in [6, 6.07) is 10.8. The second-order valence-corrected chi connectivity index (χ2v) is 9.75. The first-order valence-electron chi connectivity index (χ1n) is 9.20. The molecule has 1 saturated heterocycles. The van der Waals surface area contributed by atoms with Crippen LogP contribution in [0.2, 0.25) is 0 Å². The van der Waals surface area contributed by atoms with Gasteiger partial charge < -0.3 is 4.74 Å². The van der Waals surface area contributed by atoms with Gasteiger partial charge in [0.15, 0.2) is 6.29 Å². The summed E-state index contributed by atoms with van der Waals surface area (Å²) in [5.41, 5.74) is 2.91. The standard InChI is InChI=1S/C20H20N2O5S2/c23-18(21-27-19-7-3-4-12-26-19)9-8-15-10-11-22(14-15)29(24,25)20-13-16-5-1-2-6-17(16)28-20/h1-2,5-6,8-11,13-14,19H,3-4,7,12H2,(H,21,23)/b9-8+. The average molecular weight is 433 g/mol. The molecule has 9 heteroatoms. The number of aromatic nitrogens is 1. The Morgan fingerprint density at radius 2 is 2.14 bits per heavy atom. The van der Waals surface area contributed by atoms with Crippen molar-refractivity contribution in [3.8, 4) is 0 Å². The lowest BCUT2D eigenvalue weighted by Gasteiger charge is -2.21. The first-order chi connectivity index (χ1) is 14.0. The molecule has 1 aromatic carbocycles. The highest BCUT2D eigenvalue weighted by Crippen LogP contribution is 2.30. The maximum absolute atomic E-state index is 12.9. The third-order valence-electron chi connectivity index (χ3n) is 4.48. The molecule has 0 spiro atoms. The van der Waals surface area contributed by atoms with E-state index in [2.05, 4.69) is 5.48 Å². The van der Waals surface area contributed by atoms with Crippen LogP contribution in [0.25, 0.3) is 16.2 Å². The van der Waals surface area contributed by atoms with E-state index >= 15 is 0 Å².